The summed E-state index contributed by atoms with van der Waals surface area (Å²) < 4.78 is 5.25. The topological polar surface area (TPSA) is 66.8 Å². The second-order valence-corrected chi connectivity index (χ2v) is 4.20. The first-order chi connectivity index (χ1) is 8.67. The van der Waals surface area contributed by atoms with Crippen LogP contribution in [0.5, 0.6) is 5.75 Å². The van der Waals surface area contributed by atoms with Crippen LogP contribution < -0.4 is 4.74 Å². The Kier molecular flexibility index (Phi) is 6.39. The number of unbranched alkanes of at least 4 members (excludes halogenated alkanes) is 1. The molecular formula is C14H20O4. The van der Waals surface area contributed by atoms with Crippen LogP contribution in [-0.2, 0) is 0 Å². The number of hydrogen-bond donors (Lipinski definition) is 2. The van der Waals surface area contributed by atoms with Crippen molar-refractivity contribution >= 4 is 5.78 Å². The van der Waals surface area contributed by atoms with Crippen molar-refractivity contribution in [3.05, 3.63) is 29.8 Å². The van der Waals surface area contributed by atoms with Gasteiger partial charge in [0.15, 0.2) is 5.78 Å². The quantitative estimate of drug-likeness (QED) is 0.692. The number of ether oxygens (including phenoxy) is 1. The lowest BCUT2D eigenvalue weighted by atomic mass is 10.1. The van der Waals surface area contributed by atoms with Crippen LogP contribution in [0.25, 0.3) is 0 Å². The second-order valence-electron chi connectivity index (χ2n) is 4.20. The van der Waals surface area contributed by atoms with Crippen LogP contribution in [0, 0.1) is 0 Å². The van der Waals surface area contributed by atoms with Crippen LogP contribution in [0.2, 0.25) is 0 Å². The standard InChI is InChI=1S/C14H20O4/c1-2-3-4-14(17)11-5-7-13(8-6-11)18-10-12(16)9-15/h5-8,12,15-16H,2-4,9-10H2,1H3. The molecular weight excluding hydrogens is 232 g/mol. The highest BCUT2D eigenvalue weighted by molar-refractivity contribution is 5.96. The van der Waals surface area contributed by atoms with Gasteiger partial charge in [0.2, 0.25) is 0 Å². The minimum absolute atomic E-state index is 0.0413. The number of ketones is 1. The summed E-state index contributed by atoms with van der Waals surface area (Å²) in [5, 5.41) is 17.8. The first-order valence-corrected chi connectivity index (χ1v) is 6.22. The maximum Gasteiger partial charge on any atom is 0.162 e. The van der Waals surface area contributed by atoms with Crippen molar-refractivity contribution in [1.29, 1.82) is 0 Å². The molecule has 0 saturated heterocycles. The third-order valence-corrected chi connectivity index (χ3v) is 2.59. The van der Waals surface area contributed by atoms with Crippen LogP contribution in [0.4, 0.5) is 0 Å². The van der Waals surface area contributed by atoms with E-state index in [0.717, 1.165) is 12.8 Å². The number of Topliss-reactive ketones (excluding diaryl/α,β-unsaturated/α-hetero) is 1. The zero-order chi connectivity index (χ0) is 13.4. The number of benzene rings is 1. The van der Waals surface area contributed by atoms with Crippen molar-refractivity contribution in [3.63, 3.8) is 0 Å². The molecule has 0 saturated carbocycles. The van der Waals surface area contributed by atoms with Gasteiger partial charge in [-0.25, -0.2) is 0 Å². The first kappa shape index (κ1) is 14.7. The Bertz CT molecular complexity index is 359. The number of aliphatic hydroxyl groups is 2. The Morgan fingerprint density at radius 2 is 2.00 bits per heavy atom. The summed E-state index contributed by atoms with van der Waals surface area (Å²) in [6.45, 7) is 1.77. The maximum atomic E-state index is 11.7. The number of aliphatic hydroxyl groups excluding tert-OH is 2. The molecule has 100 valence electrons. The molecule has 1 atom stereocenters. The number of carbonyl (C=O) groups excluding carboxylic acids is 1. The zero-order valence-electron chi connectivity index (χ0n) is 10.6. The monoisotopic (exact) mass is 252 g/mol. The Hall–Kier alpha value is -1.39. The van der Waals surface area contributed by atoms with E-state index in [-0.39, 0.29) is 19.0 Å². The SMILES string of the molecule is CCCCC(=O)c1ccc(OCC(O)CO)cc1. The van der Waals surface area contributed by atoms with Crippen molar-refractivity contribution in [3.8, 4) is 5.75 Å². The Morgan fingerprint density at radius 1 is 1.33 bits per heavy atom. The third-order valence-electron chi connectivity index (χ3n) is 2.59. The van der Waals surface area contributed by atoms with Gasteiger partial charge < -0.3 is 14.9 Å². The van der Waals surface area contributed by atoms with E-state index in [4.69, 9.17) is 14.9 Å². The van der Waals surface area contributed by atoms with Gasteiger partial charge in [-0.05, 0) is 30.7 Å². The summed E-state index contributed by atoms with van der Waals surface area (Å²) in [5.74, 6) is 0.716. The van der Waals surface area contributed by atoms with Crippen molar-refractivity contribution in [1.82, 2.24) is 0 Å². The average Bonchev–Trinajstić information content (AvgIpc) is 2.42. The second kappa shape index (κ2) is 7.84. The molecule has 0 aromatic heterocycles. The fourth-order valence-corrected chi connectivity index (χ4v) is 1.46. The molecule has 0 fully saturated rings. The van der Waals surface area contributed by atoms with E-state index in [9.17, 15) is 4.79 Å². The fourth-order valence-electron chi connectivity index (χ4n) is 1.46. The molecule has 0 radical (unpaired) electrons. The molecule has 1 rings (SSSR count). The third kappa shape index (κ3) is 4.85. The van der Waals surface area contributed by atoms with Gasteiger partial charge >= 0.3 is 0 Å². The Balaban J connectivity index is 2.49. The lowest BCUT2D eigenvalue weighted by Crippen LogP contribution is -2.21. The minimum atomic E-state index is -0.879. The zero-order valence-corrected chi connectivity index (χ0v) is 10.6. The van der Waals surface area contributed by atoms with Crippen molar-refractivity contribution < 1.29 is 19.7 Å². The van der Waals surface area contributed by atoms with Crippen molar-refractivity contribution in [2.24, 2.45) is 0 Å². The van der Waals surface area contributed by atoms with Gasteiger partial charge in [0.25, 0.3) is 0 Å². The van der Waals surface area contributed by atoms with E-state index in [1.807, 2.05) is 0 Å². The van der Waals surface area contributed by atoms with Gasteiger partial charge in [-0.15, -0.1) is 0 Å². The molecule has 4 heteroatoms. The molecule has 0 aliphatic heterocycles. The number of rotatable bonds is 8. The minimum Gasteiger partial charge on any atom is -0.491 e. The summed E-state index contributed by atoms with van der Waals surface area (Å²) in [6.07, 6.45) is 1.60. The van der Waals surface area contributed by atoms with Gasteiger partial charge in [0, 0.05) is 12.0 Å². The van der Waals surface area contributed by atoms with Gasteiger partial charge in [0.1, 0.15) is 18.5 Å². The van der Waals surface area contributed by atoms with Gasteiger partial charge in [-0.1, -0.05) is 13.3 Å². The van der Waals surface area contributed by atoms with Crippen LogP contribution in [-0.4, -0.2) is 35.3 Å². The van der Waals surface area contributed by atoms with E-state index in [0.29, 0.717) is 17.7 Å². The molecule has 0 spiro atoms. The lowest BCUT2D eigenvalue weighted by Gasteiger charge is -2.10. The summed E-state index contributed by atoms with van der Waals surface area (Å²) in [5.41, 5.74) is 0.679. The molecule has 0 aliphatic rings. The predicted octanol–water partition coefficient (Wildman–Crippen LogP) is 1.79. The Morgan fingerprint density at radius 3 is 2.56 bits per heavy atom. The molecule has 1 aromatic carbocycles. The maximum absolute atomic E-state index is 11.7. The average molecular weight is 252 g/mol. The van der Waals surface area contributed by atoms with Gasteiger partial charge in [-0.3, -0.25) is 4.79 Å². The van der Waals surface area contributed by atoms with Gasteiger partial charge in [0.05, 0.1) is 6.61 Å². The molecule has 0 heterocycles. The lowest BCUT2D eigenvalue weighted by molar-refractivity contribution is 0.0536. The largest absolute Gasteiger partial charge is 0.491 e. The first-order valence-electron chi connectivity index (χ1n) is 6.22. The van der Waals surface area contributed by atoms with Crippen molar-refractivity contribution in [2.45, 2.75) is 32.3 Å². The molecule has 1 aromatic rings. The highest BCUT2D eigenvalue weighted by Gasteiger charge is 2.06. The highest BCUT2D eigenvalue weighted by Crippen LogP contribution is 2.14. The van der Waals surface area contributed by atoms with E-state index in [1.165, 1.54) is 0 Å². The molecule has 4 nitrogen and oxygen atoms in total. The molecule has 0 aliphatic carbocycles. The molecule has 1 unspecified atom stereocenters. The summed E-state index contributed by atoms with van der Waals surface area (Å²) >= 11 is 0. The van der Waals surface area contributed by atoms with E-state index >= 15 is 0 Å². The van der Waals surface area contributed by atoms with E-state index < -0.39 is 6.10 Å². The van der Waals surface area contributed by atoms with Crippen LogP contribution in [0.3, 0.4) is 0 Å². The molecule has 2 N–H and O–H groups in total. The summed E-state index contributed by atoms with van der Waals surface area (Å²) in [4.78, 5) is 11.7. The highest BCUT2D eigenvalue weighted by atomic mass is 16.5. The fraction of sp³-hybridized carbons (Fsp3) is 0.500. The van der Waals surface area contributed by atoms with Crippen LogP contribution in [0.1, 0.15) is 36.5 Å². The van der Waals surface area contributed by atoms with Crippen LogP contribution in [0.15, 0.2) is 24.3 Å². The summed E-state index contributed by atoms with van der Waals surface area (Å²) in [6, 6.07) is 6.84. The van der Waals surface area contributed by atoms with E-state index in [2.05, 4.69) is 6.92 Å². The van der Waals surface area contributed by atoms with Crippen LogP contribution >= 0.6 is 0 Å². The molecule has 0 amide bonds. The molecule has 0 bridgehead atoms. The molecule has 18 heavy (non-hydrogen) atoms. The summed E-state index contributed by atoms with van der Waals surface area (Å²) in [7, 11) is 0. The Labute approximate surface area is 107 Å². The number of hydrogen-bond acceptors (Lipinski definition) is 4. The van der Waals surface area contributed by atoms with Crippen molar-refractivity contribution in [2.75, 3.05) is 13.2 Å². The normalized spacial score (nSPS) is 12.2. The van der Waals surface area contributed by atoms with E-state index in [1.54, 1.807) is 24.3 Å². The predicted molar refractivity (Wildman–Crippen MR) is 68.9 cm³/mol. The number of carbonyl (C=O) groups is 1. The van der Waals surface area contributed by atoms with Gasteiger partial charge in [-0.2, -0.15) is 0 Å². The smallest absolute Gasteiger partial charge is 0.162 e.